The number of nitrogens with zero attached hydrogens (tertiary/aromatic N) is 3. The highest BCUT2D eigenvalue weighted by atomic mass is 19.1. The smallest absolute Gasteiger partial charge is 0.209 e. The van der Waals surface area contributed by atoms with Gasteiger partial charge in [0.1, 0.15) is 23.2 Å². The molecule has 0 fully saturated rings. The summed E-state index contributed by atoms with van der Waals surface area (Å²) in [5, 5.41) is 6.13. The van der Waals surface area contributed by atoms with Crippen molar-refractivity contribution in [3.63, 3.8) is 0 Å². The number of allylic oxidation sites excluding steroid dienone is 1. The number of benzene rings is 2. The lowest BCUT2D eigenvalue weighted by molar-refractivity contribution is 0.494. The molecule has 2 aromatic rings. The summed E-state index contributed by atoms with van der Waals surface area (Å²) >= 11 is 0. The molecule has 0 spiro atoms. The number of hydrogen-bond donors (Lipinski definition) is 2. The van der Waals surface area contributed by atoms with Crippen LogP contribution in [0.4, 0.5) is 20.2 Å². The third kappa shape index (κ3) is 5.11. The van der Waals surface area contributed by atoms with Crippen LogP contribution in [-0.2, 0) is 0 Å². The van der Waals surface area contributed by atoms with Crippen LogP contribution >= 0.6 is 0 Å². The minimum atomic E-state index is -0.362. The van der Waals surface area contributed by atoms with Crippen molar-refractivity contribution < 1.29 is 8.78 Å². The van der Waals surface area contributed by atoms with E-state index in [0.717, 1.165) is 0 Å². The Hall–Kier alpha value is -3.48. The number of hydrogen-bond acceptors (Lipinski definition) is 4. The van der Waals surface area contributed by atoms with Crippen LogP contribution in [0.15, 0.2) is 82.7 Å². The Kier molecular flexibility index (Phi) is 6.61. The van der Waals surface area contributed by atoms with Gasteiger partial charge in [0.2, 0.25) is 5.96 Å². The van der Waals surface area contributed by atoms with Gasteiger partial charge >= 0.3 is 0 Å². The second-order valence-electron chi connectivity index (χ2n) is 7.23. The van der Waals surface area contributed by atoms with E-state index in [1.165, 1.54) is 18.2 Å². The molecule has 0 saturated carbocycles. The van der Waals surface area contributed by atoms with Crippen LogP contribution < -0.4 is 10.6 Å². The normalized spacial score (nSPS) is 16.3. The highest BCUT2D eigenvalue weighted by Gasteiger charge is 2.29. The van der Waals surface area contributed by atoms with Gasteiger partial charge < -0.3 is 10.6 Å². The van der Waals surface area contributed by atoms with E-state index in [2.05, 4.69) is 41.0 Å². The van der Waals surface area contributed by atoms with Crippen molar-refractivity contribution in [1.82, 2.24) is 4.90 Å². The molecule has 0 radical (unpaired) electrons. The molecule has 156 valence electrons. The molecule has 0 aromatic heterocycles. The average molecular weight is 409 g/mol. The van der Waals surface area contributed by atoms with E-state index in [-0.39, 0.29) is 11.6 Å². The average Bonchev–Trinajstić information content (AvgIpc) is 3.01. The Morgan fingerprint density at radius 3 is 2.50 bits per heavy atom. The fourth-order valence-corrected chi connectivity index (χ4v) is 2.95. The van der Waals surface area contributed by atoms with E-state index in [1.807, 2.05) is 17.9 Å². The van der Waals surface area contributed by atoms with Gasteiger partial charge in [-0.2, -0.15) is 0 Å². The van der Waals surface area contributed by atoms with Crippen LogP contribution in [0, 0.1) is 17.6 Å². The molecule has 0 bridgehead atoms. The van der Waals surface area contributed by atoms with Gasteiger partial charge in [0.05, 0.1) is 5.69 Å². The van der Waals surface area contributed by atoms with Crippen molar-refractivity contribution in [3.05, 3.63) is 84.3 Å². The largest absolute Gasteiger partial charge is 0.341 e. The summed E-state index contributed by atoms with van der Waals surface area (Å²) in [5.74, 6) is 1.11. The minimum absolute atomic E-state index is 0.303. The van der Waals surface area contributed by atoms with Gasteiger partial charge in [-0.05, 0) is 49.2 Å². The third-order valence-corrected chi connectivity index (χ3v) is 4.28. The van der Waals surface area contributed by atoms with Crippen LogP contribution in [0.5, 0.6) is 0 Å². The Bertz CT molecular complexity index is 1010. The summed E-state index contributed by atoms with van der Waals surface area (Å²) in [6.45, 7) is 10.6. The monoisotopic (exact) mass is 409 g/mol. The van der Waals surface area contributed by atoms with Gasteiger partial charge in [-0.3, -0.25) is 4.90 Å². The van der Waals surface area contributed by atoms with Crippen LogP contribution in [0.2, 0.25) is 0 Å². The summed E-state index contributed by atoms with van der Waals surface area (Å²) < 4.78 is 27.3. The predicted octanol–water partition coefficient (Wildman–Crippen LogP) is 5.59. The first-order valence-corrected chi connectivity index (χ1v) is 9.72. The Morgan fingerprint density at radius 1 is 1.17 bits per heavy atom. The van der Waals surface area contributed by atoms with Gasteiger partial charge in [-0.15, -0.1) is 0 Å². The van der Waals surface area contributed by atoms with E-state index in [1.54, 1.807) is 30.3 Å². The van der Waals surface area contributed by atoms with E-state index >= 15 is 0 Å². The van der Waals surface area contributed by atoms with Crippen LogP contribution in [0.25, 0.3) is 0 Å². The first-order valence-electron chi connectivity index (χ1n) is 9.72. The van der Waals surface area contributed by atoms with Crippen molar-refractivity contribution in [2.75, 3.05) is 17.2 Å². The van der Waals surface area contributed by atoms with E-state index < -0.39 is 0 Å². The topological polar surface area (TPSA) is 52.0 Å². The molecule has 0 aliphatic carbocycles. The van der Waals surface area contributed by atoms with Gasteiger partial charge in [-0.1, -0.05) is 38.6 Å². The molecule has 3 rings (SSSR count). The molecular formula is C23H25F2N5. The molecule has 30 heavy (non-hydrogen) atoms. The summed E-state index contributed by atoms with van der Waals surface area (Å²) in [4.78, 5) is 11.1. The van der Waals surface area contributed by atoms with Gasteiger partial charge in [0, 0.05) is 12.2 Å². The van der Waals surface area contributed by atoms with E-state index in [4.69, 9.17) is 0 Å². The molecule has 0 amide bonds. The Balaban J connectivity index is 1.88. The van der Waals surface area contributed by atoms with Gasteiger partial charge in [-0.25, -0.2) is 18.8 Å². The summed E-state index contributed by atoms with van der Waals surface area (Å²) in [6, 6.07) is 12.4. The number of rotatable bonds is 6. The Labute approximate surface area is 175 Å². The fraction of sp³-hybridized carbons (Fsp3) is 0.217. The van der Waals surface area contributed by atoms with Gasteiger partial charge in [0.25, 0.3) is 0 Å². The molecule has 1 aliphatic rings. The zero-order chi connectivity index (χ0) is 21.7. The summed E-state index contributed by atoms with van der Waals surface area (Å²) in [6.07, 6.45) is 1.84. The second kappa shape index (κ2) is 9.35. The van der Waals surface area contributed by atoms with E-state index in [9.17, 15) is 8.78 Å². The lowest BCUT2D eigenvalue weighted by Crippen LogP contribution is -2.39. The molecular weight excluding hydrogens is 384 g/mol. The molecule has 1 heterocycles. The lowest BCUT2D eigenvalue weighted by atomic mass is 10.2. The third-order valence-electron chi connectivity index (χ3n) is 4.28. The van der Waals surface area contributed by atoms with E-state index in [0.29, 0.717) is 47.2 Å². The molecule has 2 N–H and O–H groups in total. The first-order chi connectivity index (χ1) is 14.4. The number of para-hydroxylation sites is 1. The second-order valence-corrected chi connectivity index (χ2v) is 7.23. The molecule has 7 heteroatoms. The van der Waals surface area contributed by atoms with Crippen LogP contribution in [-0.4, -0.2) is 23.2 Å². The molecule has 0 atom stereocenters. The number of nitrogens with one attached hydrogen (secondary N) is 2. The first kappa shape index (κ1) is 21.2. The summed E-state index contributed by atoms with van der Waals surface area (Å²) in [5.41, 5.74) is 1.66. The lowest BCUT2D eigenvalue weighted by Gasteiger charge is -2.24. The SMILES string of the molecule is C=C(/N=C1\C(=C/C)N=C(Nc2ccccc2F)N1CC(C)C)Nc1ccc(F)cc1. The molecule has 0 saturated heterocycles. The van der Waals surface area contributed by atoms with Crippen molar-refractivity contribution in [3.8, 4) is 0 Å². The van der Waals surface area contributed by atoms with Crippen molar-refractivity contribution in [1.29, 1.82) is 0 Å². The standard InChI is InChI=1S/C23H25F2N5/c1-5-20-22(27-16(4)26-18-12-10-17(24)11-13-18)30(14-15(2)3)23(28-20)29-21-9-7-6-8-19(21)25/h5-13,15,26H,4,14H2,1-3H3,(H,28,29)/b20-5+,27-22+. The molecule has 2 aromatic carbocycles. The van der Waals surface area contributed by atoms with Crippen molar-refractivity contribution >= 4 is 23.2 Å². The van der Waals surface area contributed by atoms with Gasteiger partial charge in [0.15, 0.2) is 5.84 Å². The maximum absolute atomic E-state index is 14.2. The minimum Gasteiger partial charge on any atom is -0.341 e. The fourth-order valence-electron chi connectivity index (χ4n) is 2.95. The molecule has 1 aliphatic heterocycles. The number of amidine groups is 1. The number of guanidine groups is 1. The van der Waals surface area contributed by atoms with Crippen molar-refractivity contribution in [2.45, 2.75) is 20.8 Å². The Morgan fingerprint density at radius 2 is 1.87 bits per heavy atom. The zero-order valence-electron chi connectivity index (χ0n) is 17.3. The number of halogens is 2. The zero-order valence-corrected chi connectivity index (χ0v) is 17.3. The molecule has 0 unspecified atom stereocenters. The number of aliphatic imine (C=N–C) groups is 2. The highest BCUT2D eigenvalue weighted by Crippen LogP contribution is 2.23. The predicted molar refractivity (Wildman–Crippen MR) is 119 cm³/mol. The maximum Gasteiger partial charge on any atom is 0.209 e. The maximum atomic E-state index is 14.2. The van der Waals surface area contributed by atoms with Crippen LogP contribution in [0.3, 0.4) is 0 Å². The summed E-state index contributed by atoms with van der Waals surface area (Å²) in [7, 11) is 0. The van der Waals surface area contributed by atoms with Crippen molar-refractivity contribution in [2.24, 2.45) is 15.9 Å². The quantitative estimate of drug-likeness (QED) is 0.654. The van der Waals surface area contributed by atoms with Crippen LogP contribution in [0.1, 0.15) is 20.8 Å². The number of anilines is 2. The molecule has 5 nitrogen and oxygen atoms in total. The highest BCUT2D eigenvalue weighted by molar-refractivity contribution is 6.18.